The van der Waals surface area contributed by atoms with Crippen LogP contribution < -0.4 is 20.3 Å². The number of amides is 1. The number of halogens is 1. The van der Waals surface area contributed by atoms with Crippen molar-refractivity contribution in [2.24, 2.45) is 0 Å². The zero-order chi connectivity index (χ0) is 19.9. The third kappa shape index (κ3) is 5.62. The molecule has 0 aliphatic carbocycles. The van der Waals surface area contributed by atoms with E-state index in [4.69, 9.17) is 16.3 Å². The maximum Gasteiger partial charge on any atom is 0.262 e. The maximum absolute atomic E-state index is 12.0. The van der Waals surface area contributed by atoms with Crippen molar-refractivity contribution >= 4 is 40.4 Å². The minimum Gasteiger partial charge on any atom is -0.484 e. The molecule has 2 N–H and O–H groups in total. The zero-order valence-electron chi connectivity index (χ0n) is 15.6. The van der Waals surface area contributed by atoms with Crippen molar-refractivity contribution < 1.29 is 9.53 Å². The summed E-state index contributed by atoms with van der Waals surface area (Å²) in [7, 11) is 4.00. The minimum absolute atomic E-state index is 0.0974. The van der Waals surface area contributed by atoms with Crippen LogP contribution in [0.2, 0.25) is 5.02 Å². The number of hydrogen-bond donors (Lipinski definition) is 2. The first-order chi connectivity index (χ1) is 13.5. The Morgan fingerprint density at radius 3 is 2.29 bits per heavy atom. The van der Waals surface area contributed by atoms with Crippen LogP contribution in [-0.4, -0.2) is 31.6 Å². The summed E-state index contributed by atoms with van der Waals surface area (Å²) in [5.41, 5.74) is 2.65. The molecule has 2 aromatic carbocycles. The molecule has 0 aliphatic rings. The van der Waals surface area contributed by atoms with Gasteiger partial charge >= 0.3 is 0 Å². The zero-order valence-corrected chi connectivity index (χ0v) is 16.4. The molecule has 0 atom stereocenters. The quantitative estimate of drug-likeness (QED) is 0.612. The van der Waals surface area contributed by atoms with Gasteiger partial charge in [0.15, 0.2) is 6.61 Å². The van der Waals surface area contributed by atoms with Crippen molar-refractivity contribution in [3.63, 3.8) is 0 Å². The summed E-state index contributed by atoms with van der Waals surface area (Å²) in [6.07, 6.45) is 1.59. The van der Waals surface area contributed by atoms with Gasteiger partial charge in [0.25, 0.3) is 5.91 Å². The van der Waals surface area contributed by atoms with Gasteiger partial charge in [-0.05, 0) is 60.7 Å². The normalized spacial score (nSPS) is 10.2. The van der Waals surface area contributed by atoms with Crippen LogP contribution in [0.15, 0.2) is 66.9 Å². The molecule has 0 saturated carbocycles. The summed E-state index contributed by atoms with van der Waals surface area (Å²) in [4.78, 5) is 18.4. The largest absolute Gasteiger partial charge is 0.484 e. The molecule has 0 unspecified atom stereocenters. The van der Waals surface area contributed by atoms with E-state index in [0.717, 1.165) is 11.4 Å². The predicted octanol–water partition coefficient (Wildman–Crippen LogP) is 4.56. The summed E-state index contributed by atoms with van der Waals surface area (Å²) in [6, 6.07) is 18.4. The number of hydrogen-bond acceptors (Lipinski definition) is 5. The van der Waals surface area contributed by atoms with Crippen LogP contribution in [0.1, 0.15) is 0 Å². The van der Waals surface area contributed by atoms with Crippen LogP contribution in [0.5, 0.6) is 5.75 Å². The maximum atomic E-state index is 12.0. The highest BCUT2D eigenvalue weighted by atomic mass is 35.5. The van der Waals surface area contributed by atoms with Gasteiger partial charge in [0.1, 0.15) is 11.6 Å². The Balaban J connectivity index is 1.50. The molecule has 144 valence electrons. The molecule has 3 aromatic rings. The predicted molar refractivity (Wildman–Crippen MR) is 114 cm³/mol. The smallest absolute Gasteiger partial charge is 0.262 e. The number of ether oxygens (including phenoxy) is 1. The number of benzene rings is 2. The molecule has 1 heterocycles. The van der Waals surface area contributed by atoms with Crippen molar-refractivity contribution in [3.05, 3.63) is 71.9 Å². The number of anilines is 4. The van der Waals surface area contributed by atoms with Gasteiger partial charge in [-0.25, -0.2) is 4.98 Å². The average molecular weight is 397 g/mol. The Hall–Kier alpha value is -3.25. The molecular weight excluding hydrogens is 376 g/mol. The molecule has 0 aliphatic heterocycles. The van der Waals surface area contributed by atoms with Gasteiger partial charge in [-0.3, -0.25) is 4.79 Å². The SMILES string of the molecule is CN(C)c1ccc(Nc2ccc(NC(=O)COc3ccc(Cl)cc3)cn2)cc1. The highest BCUT2D eigenvalue weighted by Gasteiger charge is 2.05. The summed E-state index contributed by atoms with van der Waals surface area (Å²) in [6.45, 7) is -0.0974. The molecule has 0 spiro atoms. The molecule has 1 aromatic heterocycles. The number of pyridine rings is 1. The Bertz CT molecular complexity index is 911. The van der Waals surface area contributed by atoms with E-state index in [9.17, 15) is 4.79 Å². The van der Waals surface area contributed by atoms with Crippen LogP contribution in [0.3, 0.4) is 0 Å². The van der Waals surface area contributed by atoms with E-state index >= 15 is 0 Å². The van der Waals surface area contributed by atoms with Crippen molar-refractivity contribution in [3.8, 4) is 5.75 Å². The fraction of sp³-hybridized carbons (Fsp3) is 0.143. The van der Waals surface area contributed by atoms with Gasteiger partial charge in [0.2, 0.25) is 0 Å². The van der Waals surface area contributed by atoms with E-state index in [1.807, 2.05) is 43.3 Å². The lowest BCUT2D eigenvalue weighted by atomic mass is 10.2. The number of nitrogens with zero attached hydrogens (tertiary/aromatic N) is 2. The van der Waals surface area contributed by atoms with Gasteiger partial charge < -0.3 is 20.3 Å². The van der Waals surface area contributed by atoms with Crippen LogP contribution >= 0.6 is 11.6 Å². The third-order valence-electron chi connectivity index (χ3n) is 3.89. The lowest BCUT2D eigenvalue weighted by Crippen LogP contribution is -2.20. The molecule has 6 nitrogen and oxygen atoms in total. The summed E-state index contributed by atoms with van der Waals surface area (Å²) < 4.78 is 5.42. The highest BCUT2D eigenvalue weighted by molar-refractivity contribution is 6.30. The average Bonchev–Trinajstić information content (AvgIpc) is 2.69. The lowest BCUT2D eigenvalue weighted by Gasteiger charge is -2.13. The second-order valence-corrected chi connectivity index (χ2v) is 6.73. The first-order valence-electron chi connectivity index (χ1n) is 8.68. The Morgan fingerprint density at radius 2 is 1.68 bits per heavy atom. The summed E-state index contributed by atoms with van der Waals surface area (Å²) in [5, 5.41) is 6.59. The molecular formula is C21H21ClN4O2. The molecule has 28 heavy (non-hydrogen) atoms. The standard InChI is InChI=1S/C21H21ClN4O2/c1-26(2)18-8-5-16(6-9-18)24-20-12-7-17(13-23-20)25-21(27)14-28-19-10-3-15(22)4-11-19/h3-13H,14H2,1-2H3,(H,23,24)(H,25,27). The molecule has 0 saturated heterocycles. The highest BCUT2D eigenvalue weighted by Crippen LogP contribution is 2.20. The van der Waals surface area contributed by atoms with Gasteiger partial charge in [0.05, 0.1) is 11.9 Å². The van der Waals surface area contributed by atoms with E-state index in [2.05, 4.69) is 15.6 Å². The lowest BCUT2D eigenvalue weighted by molar-refractivity contribution is -0.118. The Kier molecular flexibility index (Phi) is 6.34. The topological polar surface area (TPSA) is 66.5 Å². The summed E-state index contributed by atoms with van der Waals surface area (Å²) in [5.74, 6) is 1.00. The second-order valence-electron chi connectivity index (χ2n) is 6.29. The van der Waals surface area contributed by atoms with E-state index < -0.39 is 0 Å². The molecule has 0 radical (unpaired) electrons. The van der Waals surface area contributed by atoms with Crippen molar-refractivity contribution in [2.45, 2.75) is 0 Å². The van der Waals surface area contributed by atoms with Gasteiger partial charge in [-0.1, -0.05) is 11.6 Å². The monoisotopic (exact) mass is 396 g/mol. The molecule has 7 heteroatoms. The van der Waals surface area contributed by atoms with Crippen LogP contribution in [0, 0.1) is 0 Å². The van der Waals surface area contributed by atoms with Crippen molar-refractivity contribution in [1.29, 1.82) is 0 Å². The van der Waals surface area contributed by atoms with E-state index in [1.165, 1.54) is 0 Å². The van der Waals surface area contributed by atoms with Crippen LogP contribution in [0.4, 0.5) is 22.9 Å². The number of carbonyl (C=O) groups excluding carboxylic acids is 1. The fourth-order valence-electron chi connectivity index (χ4n) is 2.41. The first-order valence-corrected chi connectivity index (χ1v) is 9.06. The first kappa shape index (κ1) is 19.5. The second kappa shape index (κ2) is 9.10. The molecule has 3 rings (SSSR count). The van der Waals surface area contributed by atoms with Gasteiger partial charge in [-0.15, -0.1) is 0 Å². The third-order valence-corrected chi connectivity index (χ3v) is 4.14. The molecule has 0 fully saturated rings. The van der Waals surface area contributed by atoms with Crippen LogP contribution in [0.25, 0.3) is 0 Å². The van der Waals surface area contributed by atoms with Crippen LogP contribution in [-0.2, 0) is 4.79 Å². The van der Waals surface area contributed by atoms with Crippen molar-refractivity contribution in [1.82, 2.24) is 4.98 Å². The number of carbonyl (C=O) groups is 1. The van der Waals surface area contributed by atoms with E-state index in [0.29, 0.717) is 22.3 Å². The Morgan fingerprint density at radius 1 is 1.00 bits per heavy atom. The van der Waals surface area contributed by atoms with Crippen molar-refractivity contribution in [2.75, 3.05) is 36.2 Å². The fourth-order valence-corrected chi connectivity index (χ4v) is 2.54. The Labute approximate surface area is 169 Å². The molecule has 0 bridgehead atoms. The molecule has 1 amide bonds. The van der Waals surface area contributed by atoms with Gasteiger partial charge in [-0.2, -0.15) is 0 Å². The number of nitrogens with one attached hydrogen (secondary N) is 2. The number of rotatable bonds is 7. The minimum atomic E-state index is -0.267. The summed E-state index contributed by atoms with van der Waals surface area (Å²) >= 11 is 5.82. The van der Waals surface area contributed by atoms with E-state index in [-0.39, 0.29) is 12.5 Å². The van der Waals surface area contributed by atoms with Gasteiger partial charge in [0, 0.05) is 30.5 Å². The number of aromatic nitrogens is 1. The van der Waals surface area contributed by atoms with E-state index in [1.54, 1.807) is 42.6 Å².